The fourth-order valence-corrected chi connectivity index (χ4v) is 3.47. The number of hydrogen-bond donors (Lipinski definition) is 1. The Hall–Kier alpha value is -1.06. The van der Waals surface area contributed by atoms with Crippen LogP contribution in [0.15, 0.2) is 30.3 Å². The van der Waals surface area contributed by atoms with Gasteiger partial charge >= 0.3 is 0 Å². The topological polar surface area (TPSA) is 46.3 Å². The van der Waals surface area contributed by atoms with Crippen LogP contribution in [0.1, 0.15) is 57.6 Å². The number of hydrogen-bond acceptors (Lipinski definition) is 2. The van der Waals surface area contributed by atoms with E-state index >= 15 is 0 Å². The number of piperidine rings is 1. The van der Waals surface area contributed by atoms with Crippen molar-refractivity contribution >= 4 is 18.3 Å². The van der Waals surface area contributed by atoms with Crippen LogP contribution in [-0.2, 0) is 4.79 Å². The monoisotopic (exact) mass is 324 g/mol. The molecule has 4 heteroatoms. The van der Waals surface area contributed by atoms with E-state index in [1.165, 1.54) is 19.3 Å². The molecular formula is C18H29ClN2O. The summed E-state index contributed by atoms with van der Waals surface area (Å²) < 4.78 is 0. The van der Waals surface area contributed by atoms with E-state index in [2.05, 4.69) is 13.8 Å². The molecule has 1 aromatic rings. The summed E-state index contributed by atoms with van der Waals surface area (Å²) >= 11 is 0. The molecule has 1 aromatic carbocycles. The van der Waals surface area contributed by atoms with Gasteiger partial charge in [0.15, 0.2) is 0 Å². The zero-order valence-corrected chi connectivity index (χ0v) is 14.6. The lowest BCUT2D eigenvalue weighted by Crippen LogP contribution is -2.45. The fourth-order valence-electron chi connectivity index (χ4n) is 3.47. The first-order valence-corrected chi connectivity index (χ1v) is 8.12. The van der Waals surface area contributed by atoms with Gasteiger partial charge < -0.3 is 10.6 Å². The Balaban J connectivity index is 0.00000242. The predicted molar refractivity (Wildman–Crippen MR) is 94.1 cm³/mol. The number of nitrogens with zero attached hydrogens (tertiary/aromatic N) is 1. The maximum atomic E-state index is 12.5. The minimum absolute atomic E-state index is 0. The number of likely N-dealkylation sites (tertiary alicyclic amines) is 1. The number of halogens is 1. The Kier molecular flexibility index (Phi) is 7.37. The summed E-state index contributed by atoms with van der Waals surface area (Å²) in [5.41, 5.74) is 7.51. The van der Waals surface area contributed by atoms with E-state index in [0.29, 0.717) is 11.8 Å². The number of carbonyl (C=O) groups is 1. The second kappa shape index (κ2) is 8.54. The van der Waals surface area contributed by atoms with Crippen molar-refractivity contribution in [2.75, 3.05) is 13.1 Å². The number of carbonyl (C=O) groups excluding carboxylic acids is 1. The van der Waals surface area contributed by atoms with Gasteiger partial charge in [0.25, 0.3) is 0 Å². The van der Waals surface area contributed by atoms with Crippen LogP contribution >= 0.6 is 12.4 Å². The molecular weight excluding hydrogens is 296 g/mol. The van der Waals surface area contributed by atoms with E-state index < -0.39 is 0 Å². The second-order valence-corrected chi connectivity index (χ2v) is 6.70. The first kappa shape index (κ1) is 19.0. The van der Waals surface area contributed by atoms with Crippen LogP contribution in [0, 0.1) is 5.41 Å². The lowest BCUT2D eigenvalue weighted by molar-refractivity contribution is -0.135. The minimum Gasteiger partial charge on any atom is -0.342 e. The highest BCUT2D eigenvalue weighted by Crippen LogP contribution is 2.34. The van der Waals surface area contributed by atoms with Gasteiger partial charge in [-0.15, -0.1) is 12.4 Å². The Labute approximate surface area is 140 Å². The summed E-state index contributed by atoms with van der Waals surface area (Å²) in [7, 11) is 0. The molecule has 3 nitrogen and oxygen atoms in total. The third-order valence-corrected chi connectivity index (χ3v) is 4.61. The van der Waals surface area contributed by atoms with E-state index in [0.717, 1.165) is 25.1 Å². The summed E-state index contributed by atoms with van der Waals surface area (Å²) in [6.45, 7) is 6.31. The van der Waals surface area contributed by atoms with E-state index in [4.69, 9.17) is 5.73 Å². The molecule has 0 aromatic heterocycles. The van der Waals surface area contributed by atoms with E-state index in [1.54, 1.807) is 0 Å². The smallest absolute Gasteiger partial charge is 0.224 e. The van der Waals surface area contributed by atoms with Gasteiger partial charge in [-0.3, -0.25) is 4.79 Å². The Bertz CT molecular complexity index is 461. The second-order valence-electron chi connectivity index (χ2n) is 6.70. The van der Waals surface area contributed by atoms with Crippen molar-refractivity contribution in [3.63, 3.8) is 0 Å². The maximum absolute atomic E-state index is 12.5. The van der Waals surface area contributed by atoms with E-state index in [-0.39, 0.29) is 24.4 Å². The van der Waals surface area contributed by atoms with Gasteiger partial charge in [0, 0.05) is 25.6 Å². The van der Waals surface area contributed by atoms with Crippen LogP contribution in [0.2, 0.25) is 0 Å². The van der Waals surface area contributed by atoms with Gasteiger partial charge in [-0.05, 0) is 30.2 Å². The van der Waals surface area contributed by atoms with Crippen molar-refractivity contribution in [2.24, 2.45) is 11.1 Å². The molecule has 1 amide bonds. The first-order valence-electron chi connectivity index (χ1n) is 8.12. The molecule has 1 aliphatic rings. The van der Waals surface area contributed by atoms with Gasteiger partial charge in [-0.2, -0.15) is 0 Å². The van der Waals surface area contributed by atoms with Gasteiger partial charge in [0.05, 0.1) is 0 Å². The average Bonchev–Trinajstić information content (AvgIpc) is 2.48. The average molecular weight is 325 g/mol. The number of benzene rings is 1. The summed E-state index contributed by atoms with van der Waals surface area (Å²) in [5.74, 6) is 0.202. The summed E-state index contributed by atoms with van der Waals surface area (Å²) in [6.07, 6.45) is 5.13. The van der Waals surface area contributed by atoms with Crippen molar-refractivity contribution < 1.29 is 4.79 Å². The van der Waals surface area contributed by atoms with Gasteiger partial charge in [-0.1, -0.05) is 50.6 Å². The van der Waals surface area contributed by atoms with Gasteiger partial charge in [-0.25, -0.2) is 0 Å². The van der Waals surface area contributed by atoms with Crippen molar-refractivity contribution in [3.05, 3.63) is 35.9 Å². The first-order chi connectivity index (χ1) is 10.0. The molecule has 2 N–H and O–H groups in total. The molecule has 2 atom stereocenters. The highest BCUT2D eigenvalue weighted by atomic mass is 35.5. The molecule has 0 radical (unpaired) electrons. The van der Waals surface area contributed by atoms with Crippen LogP contribution in [0.5, 0.6) is 0 Å². The Morgan fingerprint density at radius 2 is 2.05 bits per heavy atom. The van der Waals surface area contributed by atoms with Gasteiger partial charge in [0.1, 0.15) is 0 Å². The zero-order chi connectivity index (χ0) is 15.3. The molecule has 22 heavy (non-hydrogen) atoms. The zero-order valence-electron chi connectivity index (χ0n) is 13.8. The summed E-state index contributed by atoms with van der Waals surface area (Å²) in [6, 6.07) is 9.71. The van der Waals surface area contributed by atoms with Crippen LogP contribution < -0.4 is 5.73 Å². The van der Waals surface area contributed by atoms with E-state index in [9.17, 15) is 4.79 Å². The SMILES string of the molecule is CCCC1(C)CCCN(C(=O)CC(N)c2ccccc2)C1.Cl. The van der Waals surface area contributed by atoms with Gasteiger partial charge in [0.2, 0.25) is 5.91 Å². The standard InChI is InChI=1S/C18H28N2O.ClH/c1-3-10-18(2)11-7-12-20(14-18)17(21)13-16(19)15-8-5-4-6-9-15;/h4-6,8-9,16H,3,7,10-14,19H2,1-2H3;1H. The molecule has 0 bridgehead atoms. The minimum atomic E-state index is -0.196. The molecule has 2 rings (SSSR count). The van der Waals surface area contributed by atoms with Crippen molar-refractivity contribution in [1.82, 2.24) is 4.90 Å². The number of amides is 1. The third kappa shape index (κ3) is 4.99. The largest absolute Gasteiger partial charge is 0.342 e. The highest BCUT2D eigenvalue weighted by molar-refractivity contribution is 5.85. The molecule has 1 heterocycles. The molecule has 0 spiro atoms. The van der Waals surface area contributed by atoms with Crippen molar-refractivity contribution in [3.8, 4) is 0 Å². The number of rotatable bonds is 5. The Morgan fingerprint density at radius 1 is 1.36 bits per heavy atom. The molecule has 124 valence electrons. The van der Waals surface area contributed by atoms with E-state index in [1.807, 2.05) is 35.2 Å². The normalized spacial score (nSPS) is 22.8. The van der Waals surface area contributed by atoms with Crippen LogP contribution in [-0.4, -0.2) is 23.9 Å². The molecule has 1 fully saturated rings. The Morgan fingerprint density at radius 3 is 2.68 bits per heavy atom. The summed E-state index contributed by atoms with van der Waals surface area (Å²) in [5, 5.41) is 0. The highest BCUT2D eigenvalue weighted by Gasteiger charge is 2.32. The molecule has 2 unspecified atom stereocenters. The lowest BCUT2D eigenvalue weighted by atomic mass is 9.78. The maximum Gasteiger partial charge on any atom is 0.224 e. The van der Waals surface area contributed by atoms with Crippen LogP contribution in [0.4, 0.5) is 0 Å². The number of nitrogens with two attached hydrogens (primary N) is 1. The molecule has 1 aliphatic heterocycles. The van der Waals surface area contributed by atoms with Crippen LogP contribution in [0.25, 0.3) is 0 Å². The lowest BCUT2D eigenvalue weighted by Gasteiger charge is -2.41. The molecule has 0 aliphatic carbocycles. The molecule has 0 saturated carbocycles. The van der Waals surface area contributed by atoms with Crippen LogP contribution in [0.3, 0.4) is 0 Å². The quantitative estimate of drug-likeness (QED) is 0.892. The fraction of sp³-hybridized carbons (Fsp3) is 0.611. The van der Waals surface area contributed by atoms with Crippen molar-refractivity contribution in [1.29, 1.82) is 0 Å². The predicted octanol–water partition coefficient (Wildman–Crippen LogP) is 3.93. The van der Waals surface area contributed by atoms with Crippen molar-refractivity contribution in [2.45, 2.75) is 52.0 Å². The summed E-state index contributed by atoms with van der Waals surface area (Å²) in [4.78, 5) is 14.5. The third-order valence-electron chi connectivity index (χ3n) is 4.61. The molecule has 1 saturated heterocycles.